The molecule has 0 saturated carbocycles. The third-order valence-electron chi connectivity index (χ3n) is 3.22. The van der Waals surface area contributed by atoms with Gasteiger partial charge in [0.1, 0.15) is 10.7 Å². The number of fused-ring (bicyclic) bond motifs is 2. The summed E-state index contributed by atoms with van der Waals surface area (Å²) in [6, 6.07) is 7.22. The molecule has 0 unspecified atom stereocenters. The Morgan fingerprint density at radius 1 is 0.846 bits per heavy atom. The molecule has 0 aliphatic heterocycles. The summed E-state index contributed by atoms with van der Waals surface area (Å²) in [5, 5.41) is 1.35. The predicted octanol–water partition coefficient (Wildman–Crippen LogP) is 6.04. The first-order valence-corrected chi connectivity index (χ1v) is 9.68. The smallest absolute Gasteiger partial charge is 0.266 e. The van der Waals surface area contributed by atoms with Crippen LogP contribution in [0, 0.1) is 0 Å². The number of H-pyrrole nitrogens is 1. The molecule has 0 fully saturated rings. The van der Waals surface area contributed by atoms with Crippen molar-refractivity contribution < 1.29 is 0 Å². The van der Waals surface area contributed by atoms with E-state index >= 15 is 0 Å². The normalized spacial score (nSPS) is 10.7. The third-order valence-corrected chi connectivity index (χ3v) is 5.95. The Morgan fingerprint density at radius 3 is 2.19 bits per heavy atom. The predicted molar refractivity (Wildman–Crippen MR) is 112 cm³/mol. The molecule has 132 valence electrons. The molecule has 10 heteroatoms. The van der Waals surface area contributed by atoms with Gasteiger partial charge in [0.25, 0.3) is 5.56 Å². The molecule has 2 aromatic carbocycles. The molecule has 0 bridgehead atoms. The third kappa shape index (κ3) is 4.18. The summed E-state index contributed by atoms with van der Waals surface area (Å²) in [6.07, 6.45) is 2.72. The molecule has 0 spiro atoms. The quantitative estimate of drug-likeness (QED) is 0.297. The summed E-state index contributed by atoms with van der Waals surface area (Å²) < 4.78 is 1.53. The zero-order valence-corrected chi connectivity index (χ0v) is 18.0. The van der Waals surface area contributed by atoms with Crippen molar-refractivity contribution in [2.75, 3.05) is 0 Å². The highest BCUT2D eigenvalue weighted by Crippen LogP contribution is 2.29. The van der Waals surface area contributed by atoms with Crippen LogP contribution in [0.1, 0.15) is 0 Å². The van der Waals surface area contributed by atoms with E-state index < -0.39 is 0 Å². The van der Waals surface area contributed by atoms with Crippen molar-refractivity contribution in [3.05, 3.63) is 71.2 Å². The second-order valence-electron chi connectivity index (χ2n) is 4.92. The van der Waals surface area contributed by atoms with Crippen LogP contribution >= 0.6 is 66.7 Å². The van der Waals surface area contributed by atoms with Crippen LogP contribution in [0.5, 0.6) is 0 Å². The number of nitrogens with zero attached hydrogens (tertiary/aromatic N) is 3. The fourth-order valence-electron chi connectivity index (χ4n) is 2.05. The second-order valence-corrected chi connectivity index (χ2v) is 7.78. The van der Waals surface area contributed by atoms with Crippen molar-refractivity contribution in [2.24, 2.45) is 0 Å². The number of aromatic nitrogens is 4. The summed E-state index contributed by atoms with van der Waals surface area (Å²) in [6.45, 7) is 0. The van der Waals surface area contributed by atoms with Crippen LogP contribution < -0.4 is 5.56 Å². The number of hydrogen-bond donors (Lipinski definition) is 1. The van der Waals surface area contributed by atoms with E-state index in [1.165, 1.54) is 12.4 Å². The van der Waals surface area contributed by atoms with E-state index in [0.717, 1.165) is 14.5 Å². The molecule has 2 heterocycles. The molecule has 0 amide bonds. The lowest BCUT2D eigenvalue weighted by Gasteiger charge is -2.00. The number of rotatable bonds is 0. The van der Waals surface area contributed by atoms with Gasteiger partial charge in [0.2, 0.25) is 0 Å². The molecule has 0 saturated heterocycles. The van der Waals surface area contributed by atoms with Crippen molar-refractivity contribution in [1.82, 2.24) is 19.9 Å². The molecule has 0 aliphatic rings. The molecule has 0 atom stereocenters. The lowest BCUT2D eigenvalue weighted by Crippen LogP contribution is -2.05. The van der Waals surface area contributed by atoms with E-state index in [0.29, 0.717) is 31.7 Å². The van der Waals surface area contributed by atoms with Gasteiger partial charge in [-0.2, -0.15) is 0 Å². The van der Waals surface area contributed by atoms with Gasteiger partial charge in [-0.3, -0.25) is 9.78 Å². The molecule has 4 rings (SSSR count). The Balaban J connectivity index is 0.000000151. The van der Waals surface area contributed by atoms with E-state index in [1.54, 1.807) is 12.1 Å². The van der Waals surface area contributed by atoms with Gasteiger partial charge >= 0.3 is 0 Å². The Kier molecular flexibility index (Phi) is 6.14. The van der Waals surface area contributed by atoms with Crippen molar-refractivity contribution in [3.63, 3.8) is 0 Å². The average molecular weight is 537 g/mol. The first kappa shape index (κ1) is 19.5. The lowest BCUT2D eigenvalue weighted by atomic mass is 10.3. The maximum absolute atomic E-state index is 11.0. The van der Waals surface area contributed by atoms with Gasteiger partial charge in [-0.15, -0.1) is 0 Å². The Morgan fingerprint density at radius 2 is 1.46 bits per heavy atom. The summed E-state index contributed by atoms with van der Waals surface area (Å²) in [5.41, 5.74) is 2.32. The molecular weight excluding hydrogens is 530 g/mol. The van der Waals surface area contributed by atoms with Gasteiger partial charge in [0.15, 0.2) is 0 Å². The minimum Gasteiger partial charge on any atom is -0.318 e. The van der Waals surface area contributed by atoms with Gasteiger partial charge < -0.3 is 4.98 Å². The van der Waals surface area contributed by atoms with E-state index in [9.17, 15) is 4.79 Å². The molecule has 26 heavy (non-hydrogen) atoms. The molecule has 2 aromatic heterocycles. The highest BCUT2D eigenvalue weighted by molar-refractivity contribution is 9.10. The summed E-state index contributed by atoms with van der Waals surface area (Å²) in [5.74, 6) is 0. The van der Waals surface area contributed by atoms with Crippen LogP contribution in [0.25, 0.3) is 22.1 Å². The van der Waals surface area contributed by atoms with Gasteiger partial charge in [-0.25, -0.2) is 9.97 Å². The minimum atomic E-state index is -0.257. The monoisotopic (exact) mass is 534 g/mol. The molecular formula is C16H7Br2Cl3N4O. The molecule has 1 N–H and O–H groups in total. The first-order chi connectivity index (χ1) is 12.4. The van der Waals surface area contributed by atoms with Crippen LogP contribution in [-0.4, -0.2) is 19.9 Å². The van der Waals surface area contributed by atoms with Crippen LogP contribution in [0.4, 0.5) is 0 Å². The first-order valence-electron chi connectivity index (χ1n) is 6.96. The second kappa shape index (κ2) is 8.19. The fourth-order valence-corrected chi connectivity index (χ4v) is 3.24. The van der Waals surface area contributed by atoms with Crippen LogP contribution in [0.15, 0.2) is 50.4 Å². The number of aromatic amines is 1. The molecule has 0 radical (unpaired) electrons. The fraction of sp³-hybridized carbons (Fsp3) is 0. The van der Waals surface area contributed by atoms with Gasteiger partial charge in [0, 0.05) is 8.95 Å². The average Bonchev–Trinajstić information content (AvgIpc) is 2.63. The van der Waals surface area contributed by atoms with Crippen LogP contribution in [-0.2, 0) is 0 Å². The highest BCUT2D eigenvalue weighted by Gasteiger charge is 2.06. The zero-order valence-electron chi connectivity index (χ0n) is 12.6. The number of nitrogens with one attached hydrogen (secondary N) is 1. The Bertz CT molecular complexity index is 1180. The summed E-state index contributed by atoms with van der Waals surface area (Å²) in [7, 11) is 0. The van der Waals surface area contributed by atoms with Crippen molar-refractivity contribution in [3.8, 4) is 0 Å². The highest BCUT2D eigenvalue weighted by atomic mass is 79.9. The standard InChI is InChI=1S/C8H3BrCl2N2.C8H4BrClN2O/c9-4-1-2-5-8(7(4)11)13-6(10)3-12-5;9-4-1-2-5-8(7(4)10)12-6(13)3-11-5/h1-3H;1-3H,(H,12,13). The van der Waals surface area contributed by atoms with E-state index in [-0.39, 0.29) is 5.56 Å². The summed E-state index contributed by atoms with van der Waals surface area (Å²) >= 11 is 24.2. The van der Waals surface area contributed by atoms with Gasteiger partial charge in [0.05, 0.1) is 39.0 Å². The molecule has 4 aromatic rings. The summed E-state index contributed by atoms with van der Waals surface area (Å²) in [4.78, 5) is 25.7. The molecule has 0 aliphatic carbocycles. The lowest BCUT2D eigenvalue weighted by molar-refractivity contribution is 1.22. The number of benzene rings is 2. The molecule has 5 nitrogen and oxygen atoms in total. The topological polar surface area (TPSA) is 71.5 Å². The Hall–Kier alpha value is -1.25. The minimum absolute atomic E-state index is 0.257. The number of hydrogen-bond acceptors (Lipinski definition) is 4. The number of halogens is 5. The van der Waals surface area contributed by atoms with Gasteiger partial charge in [-0.1, -0.05) is 34.8 Å². The maximum Gasteiger partial charge on any atom is 0.266 e. The maximum atomic E-state index is 11.0. The van der Waals surface area contributed by atoms with Crippen molar-refractivity contribution >= 4 is 88.7 Å². The van der Waals surface area contributed by atoms with Crippen molar-refractivity contribution in [2.45, 2.75) is 0 Å². The van der Waals surface area contributed by atoms with E-state index in [1.807, 2.05) is 12.1 Å². The zero-order chi connectivity index (χ0) is 18.8. The largest absolute Gasteiger partial charge is 0.318 e. The van der Waals surface area contributed by atoms with E-state index in [4.69, 9.17) is 34.8 Å². The van der Waals surface area contributed by atoms with Crippen LogP contribution in [0.2, 0.25) is 15.2 Å². The van der Waals surface area contributed by atoms with Crippen molar-refractivity contribution in [1.29, 1.82) is 0 Å². The Labute approximate surface area is 179 Å². The van der Waals surface area contributed by atoms with E-state index in [2.05, 4.69) is 51.8 Å². The SMILES string of the molecule is Clc1cnc2ccc(Br)c(Cl)c2n1.O=c1cnc2ccc(Br)c(Cl)c2[nH]1. The van der Waals surface area contributed by atoms with Gasteiger partial charge in [-0.05, 0) is 56.1 Å². The van der Waals surface area contributed by atoms with Crippen LogP contribution in [0.3, 0.4) is 0 Å².